The first-order valence-corrected chi connectivity index (χ1v) is 12.7. The molecule has 2 N–H and O–H groups in total. The van der Waals surface area contributed by atoms with Gasteiger partial charge in [-0.3, -0.25) is 4.79 Å². The highest BCUT2D eigenvalue weighted by Gasteiger charge is 2.32. The number of aromatic amines is 1. The van der Waals surface area contributed by atoms with E-state index in [2.05, 4.69) is 26.0 Å². The molecular weight excluding hydrogens is 492 g/mol. The first-order chi connectivity index (χ1) is 16.9. The molecule has 5 rings (SSSR count). The van der Waals surface area contributed by atoms with E-state index in [-0.39, 0.29) is 35.3 Å². The number of nitriles is 1. The summed E-state index contributed by atoms with van der Waals surface area (Å²) in [7, 11) is -4.13. The number of nitrogens with zero attached hydrogens (tertiary/aromatic N) is 6. The lowest BCUT2D eigenvalue weighted by molar-refractivity contribution is -0.134. The van der Waals surface area contributed by atoms with Gasteiger partial charge in [0.1, 0.15) is 24.1 Å². The number of halogens is 1. The first kappa shape index (κ1) is 23.1. The molecule has 1 aromatic carbocycles. The number of sulfonamides is 1. The Morgan fingerprint density at radius 1 is 1.29 bits per heavy atom. The topological polar surface area (TPSA) is 142 Å². The fraction of sp³-hybridized carbons (Fsp3) is 0.273. The molecule has 1 unspecified atom stereocenters. The predicted octanol–water partition coefficient (Wildman–Crippen LogP) is 1.87. The molecule has 4 heterocycles. The number of aromatic nitrogens is 5. The lowest BCUT2D eigenvalue weighted by atomic mass is 10.1. The summed E-state index contributed by atoms with van der Waals surface area (Å²) in [6, 6.07) is 9.19. The van der Waals surface area contributed by atoms with E-state index >= 15 is 0 Å². The van der Waals surface area contributed by atoms with Gasteiger partial charge in [-0.25, -0.2) is 8.42 Å². The standard InChI is InChI=1S/C22H21ClN8O3S/c23-16-12-25-17-4-1-5-19(21(16)17)35(33,34)28-18(6-8-29-7-2-3-15(29)11-24)22(32)30-9-10-31-14-26-27-20(31)13-30/h1-5,7,12,14,18,25,28H,6,8-10,13H2. The molecule has 35 heavy (non-hydrogen) atoms. The molecule has 0 spiro atoms. The summed E-state index contributed by atoms with van der Waals surface area (Å²) in [5, 5.41) is 17.9. The second-order valence-electron chi connectivity index (χ2n) is 8.18. The molecule has 1 atom stereocenters. The van der Waals surface area contributed by atoms with Crippen molar-refractivity contribution in [1.29, 1.82) is 5.26 Å². The molecule has 0 saturated heterocycles. The number of hydrogen-bond donors (Lipinski definition) is 2. The number of aryl methyl sites for hydroxylation is 1. The average Bonchev–Trinajstić information content (AvgIpc) is 3.60. The monoisotopic (exact) mass is 512 g/mol. The highest BCUT2D eigenvalue weighted by molar-refractivity contribution is 7.89. The van der Waals surface area contributed by atoms with E-state index in [9.17, 15) is 18.5 Å². The Bertz CT molecular complexity index is 1550. The fourth-order valence-electron chi connectivity index (χ4n) is 4.27. The molecule has 0 aliphatic carbocycles. The second kappa shape index (κ2) is 9.18. The van der Waals surface area contributed by atoms with Crippen LogP contribution in [0.15, 0.2) is 53.9 Å². The van der Waals surface area contributed by atoms with Gasteiger partial charge in [0.2, 0.25) is 15.9 Å². The molecule has 0 radical (unpaired) electrons. The number of amides is 1. The van der Waals surface area contributed by atoms with Crippen LogP contribution in [0.25, 0.3) is 10.9 Å². The maximum Gasteiger partial charge on any atom is 0.242 e. The van der Waals surface area contributed by atoms with Crippen molar-refractivity contribution in [3.63, 3.8) is 0 Å². The van der Waals surface area contributed by atoms with Crippen LogP contribution in [0.2, 0.25) is 5.02 Å². The first-order valence-electron chi connectivity index (χ1n) is 10.9. The van der Waals surface area contributed by atoms with Crippen molar-refractivity contribution >= 4 is 38.4 Å². The van der Waals surface area contributed by atoms with Crippen molar-refractivity contribution in [3.05, 3.63) is 65.6 Å². The number of carbonyl (C=O) groups excluding carboxylic acids is 1. The van der Waals surface area contributed by atoms with Crippen LogP contribution in [0.3, 0.4) is 0 Å². The molecule has 4 aromatic rings. The summed E-state index contributed by atoms with van der Waals surface area (Å²) in [6.07, 6.45) is 4.99. The third-order valence-corrected chi connectivity index (χ3v) is 7.87. The number of hydrogen-bond acceptors (Lipinski definition) is 6. The molecule has 1 aliphatic rings. The molecule has 13 heteroatoms. The minimum Gasteiger partial charge on any atom is -0.360 e. The smallest absolute Gasteiger partial charge is 0.242 e. The van der Waals surface area contributed by atoms with Crippen molar-refractivity contribution in [2.75, 3.05) is 6.54 Å². The Kier molecular flexibility index (Phi) is 6.06. The third-order valence-electron chi connectivity index (χ3n) is 6.06. The Labute approximate surface area is 206 Å². The lowest BCUT2D eigenvalue weighted by Gasteiger charge is -2.31. The number of benzene rings is 1. The minimum absolute atomic E-state index is 0.0175. The largest absolute Gasteiger partial charge is 0.360 e. The zero-order valence-electron chi connectivity index (χ0n) is 18.4. The minimum atomic E-state index is -4.13. The number of H-pyrrole nitrogens is 1. The Morgan fingerprint density at radius 3 is 2.97 bits per heavy atom. The van der Waals surface area contributed by atoms with Crippen LogP contribution in [-0.4, -0.2) is 56.1 Å². The van der Waals surface area contributed by atoms with Gasteiger partial charge in [0, 0.05) is 42.9 Å². The van der Waals surface area contributed by atoms with E-state index in [1.165, 1.54) is 12.3 Å². The number of rotatable bonds is 7. The van der Waals surface area contributed by atoms with E-state index in [0.29, 0.717) is 35.5 Å². The lowest BCUT2D eigenvalue weighted by Crippen LogP contribution is -2.50. The Balaban J connectivity index is 1.45. The van der Waals surface area contributed by atoms with E-state index < -0.39 is 16.1 Å². The maximum absolute atomic E-state index is 13.6. The molecule has 11 nitrogen and oxygen atoms in total. The zero-order valence-corrected chi connectivity index (χ0v) is 20.0. The van der Waals surface area contributed by atoms with Crippen molar-refractivity contribution in [3.8, 4) is 6.07 Å². The highest BCUT2D eigenvalue weighted by atomic mass is 35.5. The maximum atomic E-state index is 13.6. The number of fused-ring (bicyclic) bond motifs is 2. The van der Waals surface area contributed by atoms with Gasteiger partial charge in [0.05, 0.1) is 16.5 Å². The van der Waals surface area contributed by atoms with Crippen LogP contribution in [0.4, 0.5) is 0 Å². The van der Waals surface area contributed by atoms with E-state index in [1.54, 1.807) is 46.3 Å². The SMILES string of the molecule is N#Cc1cccn1CCC(NS(=O)(=O)c1cccc2[nH]cc(Cl)c12)C(=O)N1CCn2cnnc2C1. The summed E-state index contributed by atoms with van der Waals surface area (Å²) >= 11 is 6.26. The van der Waals surface area contributed by atoms with Crippen LogP contribution >= 0.6 is 11.6 Å². The van der Waals surface area contributed by atoms with E-state index in [0.717, 1.165) is 0 Å². The van der Waals surface area contributed by atoms with Gasteiger partial charge in [0.15, 0.2) is 5.82 Å². The Hall–Kier alpha value is -3.66. The molecule has 1 amide bonds. The van der Waals surface area contributed by atoms with Crippen LogP contribution < -0.4 is 4.72 Å². The summed E-state index contributed by atoms with van der Waals surface area (Å²) in [5.74, 6) is 0.257. The zero-order chi connectivity index (χ0) is 24.6. The second-order valence-corrected chi connectivity index (χ2v) is 10.3. The van der Waals surface area contributed by atoms with Crippen molar-refractivity contribution in [2.45, 2.75) is 37.0 Å². The quantitative estimate of drug-likeness (QED) is 0.387. The van der Waals surface area contributed by atoms with Crippen molar-refractivity contribution in [1.82, 2.24) is 33.9 Å². The van der Waals surface area contributed by atoms with Crippen LogP contribution in [0, 0.1) is 11.3 Å². The normalized spacial score (nSPS) is 14.6. The summed E-state index contributed by atoms with van der Waals surface area (Å²) < 4.78 is 33.1. The summed E-state index contributed by atoms with van der Waals surface area (Å²) in [4.78, 5) is 18.1. The molecular formula is C22H21ClN8O3S. The molecule has 3 aromatic heterocycles. The van der Waals surface area contributed by atoms with Crippen LogP contribution in [-0.2, 0) is 34.5 Å². The predicted molar refractivity (Wildman–Crippen MR) is 127 cm³/mol. The van der Waals surface area contributed by atoms with E-state index in [1.807, 2.05) is 4.57 Å². The van der Waals surface area contributed by atoms with Gasteiger partial charge in [-0.05, 0) is 30.7 Å². The molecule has 180 valence electrons. The van der Waals surface area contributed by atoms with Gasteiger partial charge in [0.25, 0.3) is 0 Å². The van der Waals surface area contributed by atoms with Gasteiger partial charge in [-0.15, -0.1) is 10.2 Å². The summed E-state index contributed by atoms with van der Waals surface area (Å²) in [6.45, 7) is 1.41. The molecule has 0 saturated carbocycles. The third kappa shape index (κ3) is 4.41. The molecule has 1 aliphatic heterocycles. The molecule has 0 fully saturated rings. The summed E-state index contributed by atoms with van der Waals surface area (Å²) in [5.41, 5.74) is 0.996. The van der Waals surface area contributed by atoms with Crippen LogP contribution in [0.1, 0.15) is 17.9 Å². The van der Waals surface area contributed by atoms with Crippen molar-refractivity contribution < 1.29 is 13.2 Å². The fourth-order valence-corrected chi connectivity index (χ4v) is 6.05. The van der Waals surface area contributed by atoms with E-state index in [4.69, 9.17) is 11.6 Å². The number of carbonyl (C=O) groups is 1. The average molecular weight is 513 g/mol. The van der Waals surface area contributed by atoms with Gasteiger partial charge < -0.3 is 19.0 Å². The highest BCUT2D eigenvalue weighted by Crippen LogP contribution is 2.30. The van der Waals surface area contributed by atoms with Gasteiger partial charge in [-0.1, -0.05) is 17.7 Å². The van der Waals surface area contributed by atoms with Crippen molar-refractivity contribution in [2.24, 2.45) is 0 Å². The van der Waals surface area contributed by atoms with Gasteiger partial charge >= 0.3 is 0 Å². The van der Waals surface area contributed by atoms with Crippen LogP contribution in [0.5, 0.6) is 0 Å². The Morgan fingerprint density at radius 2 is 2.14 bits per heavy atom. The number of nitrogens with one attached hydrogen (secondary N) is 2. The molecule has 0 bridgehead atoms. The van der Waals surface area contributed by atoms with Gasteiger partial charge in [-0.2, -0.15) is 9.98 Å².